The molecule has 2 nitrogen and oxygen atoms in total. The SMILES string of the molecule is INCC1CCCNC1. The van der Waals surface area contributed by atoms with Crippen LogP contribution in [0.2, 0.25) is 0 Å². The normalized spacial score (nSPS) is 28.3. The minimum absolute atomic E-state index is 0.871. The summed E-state index contributed by atoms with van der Waals surface area (Å²) in [5.41, 5.74) is 0. The topological polar surface area (TPSA) is 24.1 Å². The maximum absolute atomic E-state index is 3.38. The van der Waals surface area contributed by atoms with Gasteiger partial charge in [0.15, 0.2) is 0 Å². The molecule has 1 saturated heterocycles. The van der Waals surface area contributed by atoms with Gasteiger partial charge in [-0.2, -0.15) is 0 Å². The molecule has 1 rings (SSSR count). The summed E-state index contributed by atoms with van der Waals surface area (Å²) >= 11 is 2.21. The molecule has 1 fully saturated rings. The van der Waals surface area contributed by atoms with Gasteiger partial charge in [-0.25, -0.2) is 0 Å². The van der Waals surface area contributed by atoms with Gasteiger partial charge < -0.3 is 5.32 Å². The van der Waals surface area contributed by atoms with E-state index in [2.05, 4.69) is 31.7 Å². The van der Waals surface area contributed by atoms with Crippen molar-refractivity contribution in [1.29, 1.82) is 0 Å². The molecule has 54 valence electrons. The van der Waals surface area contributed by atoms with Gasteiger partial charge in [0, 0.05) is 29.4 Å². The molecule has 1 aliphatic rings. The summed E-state index contributed by atoms with van der Waals surface area (Å²) < 4.78 is 3.17. The molecule has 0 amide bonds. The van der Waals surface area contributed by atoms with E-state index in [0.29, 0.717) is 0 Å². The summed E-state index contributed by atoms with van der Waals surface area (Å²) in [4.78, 5) is 0. The highest BCUT2D eigenvalue weighted by atomic mass is 127. The minimum Gasteiger partial charge on any atom is -0.316 e. The Morgan fingerprint density at radius 1 is 1.67 bits per heavy atom. The molecular weight excluding hydrogens is 227 g/mol. The quantitative estimate of drug-likeness (QED) is 0.554. The predicted molar refractivity (Wildman–Crippen MR) is 47.6 cm³/mol. The fourth-order valence-corrected chi connectivity index (χ4v) is 1.83. The van der Waals surface area contributed by atoms with Crippen LogP contribution < -0.4 is 8.85 Å². The lowest BCUT2D eigenvalue weighted by Crippen LogP contribution is -2.33. The van der Waals surface area contributed by atoms with E-state index < -0.39 is 0 Å². The molecule has 9 heavy (non-hydrogen) atoms. The molecule has 0 aromatic rings. The average molecular weight is 240 g/mol. The van der Waals surface area contributed by atoms with Crippen molar-refractivity contribution in [3.63, 3.8) is 0 Å². The second-order valence-electron chi connectivity index (χ2n) is 2.55. The summed E-state index contributed by atoms with van der Waals surface area (Å²) in [5, 5.41) is 3.38. The van der Waals surface area contributed by atoms with Crippen LogP contribution in [0.25, 0.3) is 0 Å². The van der Waals surface area contributed by atoms with Gasteiger partial charge in [-0.1, -0.05) is 0 Å². The standard InChI is InChI=1S/C6H13IN2/c7-9-5-6-2-1-3-8-4-6/h6,8-9H,1-5H2. The highest BCUT2D eigenvalue weighted by Crippen LogP contribution is 2.08. The Labute approximate surface area is 70.3 Å². The van der Waals surface area contributed by atoms with E-state index >= 15 is 0 Å². The first-order chi connectivity index (χ1) is 4.43. The molecule has 0 aliphatic carbocycles. The molecule has 3 heteroatoms. The molecule has 0 saturated carbocycles. The average Bonchev–Trinajstić information content (AvgIpc) is 1.91. The third-order valence-electron chi connectivity index (χ3n) is 1.76. The van der Waals surface area contributed by atoms with E-state index in [-0.39, 0.29) is 0 Å². The van der Waals surface area contributed by atoms with Crippen molar-refractivity contribution >= 4 is 22.9 Å². The van der Waals surface area contributed by atoms with Crippen LogP contribution in [0.1, 0.15) is 12.8 Å². The molecule has 2 N–H and O–H groups in total. The van der Waals surface area contributed by atoms with Gasteiger partial charge in [0.2, 0.25) is 0 Å². The maximum Gasteiger partial charge on any atom is 0.0169 e. The monoisotopic (exact) mass is 240 g/mol. The number of nitrogens with one attached hydrogen (secondary N) is 2. The maximum atomic E-state index is 3.38. The summed E-state index contributed by atoms with van der Waals surface area (Å²) in [5.74, 6) is 0.871. The van der Waals surface area contributed by atoms with Crippen molar-refractivity contribution < 1.29 is 0 Å². The molecule has 1 unspecified atom stereocenters. The van der Waals surface area contributed by atoms with E-state index in [0.717, 1.165) is 12.5 Å². The largest absolute Gasteiger partial charge is 0.316 e. The van der Waals surface area contributed by atoms with Gasteiger partial charge >= 0.3 is 0 Å². The Hall–Kier alpha value is 0.650. The zero-order chi connectivity index (χ0) is 6.53. The van der Waals surface area contributed by atoms with Crippen molar-refractivity contribution in [2.75, 3.05) is 19.6 Å². The van der Waals surface area contributed by atoms with Crippen LogP contribution in [0, 0.1) is 5.92 Å². The summed E-state index contributed by atoms with van der Waals surface area (Å²) in [6.45, 7) is 3.58. The van der Waals surface area contributed by atoms with E-state index in [9.17, 15) is 0 Å². The number of halogens is 1. The third kappa shape index (κ3) is 2.82. The predicted octanol–water partition coefficient (Wildman–Crippen LogP) is 0.926. The smallest absolute Gasteiger partial charge is 0.0169 e. The van der Waals surface area contributed by atoms with E-state index in [1.165, 1.54) is 25.9 Å². The van der Waals surface area contributed by atoms with Gasteiger partial charge in [-0.3, -0.25) is 3.53 Å². The van der Waals surface area contributed by atoms with E-state index in [4.69, 9.17) is 0 Å². The van der Waals surface area contributed by atoms with Crippen LogP contribution in [0.15, 0.2) is 0 Å². The van der Waals surface area contributed by atoms with Crippen molar-refractivity contribution in [2.45, 2.75) is 12.8 Å². The Balaban J connectivity index is 2.08. The van der Waals surface area contributed by atoms with E-state index in [1.54, 1.807) is 0 Å². The fraction of sp³-hybridized carbons (Fsp3) is 1.00. The Morgan fingerprint density at radius 3 is 3.11 bits per heavy atom. The number of rotatable bonds is 2. The first kappa shape index (κ1) is 7.75. The van der Waals surface area contributed by atoms with Gasteiger partial charge in [-0.05, 0) is 31.8 Å². The van der Waals surface area contributed by atoms with Crippen LogP contribution in [0.4, 0.5) is 0 Å². The zero-order valence-electron chi connectivity index (χ0n) is 5.49. The summed E-state index contributed by atoms with van der Waals surface area (Å²) in [7, 11) is 0. The first-order valence-corrected chi connectivity index (χ1v) is 4.55. The zero-order valence-corrected chi connectivity index (χ0v) is 7.65. The van der Waals surface area contributed by atoms with Crippen LogP contribution in [0.5, 0.6) is 0 Å². The van der Waals surface area contributed by atoms with Crippen molar-refractivity contribution in [1.82, 2.24) is 8.85 Å². The van der Waals surface area contributed by atoms with E-state index in [1.807, 2.05) is 0 Å². The van der Waals surface area contributed by atoms with Gasteiger partial charge in [0.05, 0.1) is 0 Å². The highest BCUT2D eigenvalue weighted by molar-refractivity contribution is 14.1. The summed E-state index contributed by atoms with van der Waals surface area (Å²) in [6, 6.07) is 0. The molecule has 0 aromatic carbocycles. The van der Waals surface area contributed by atoms with Crippen molar-refractivity contribution in [3.05, 3.63) is 0 Å². The van der Waals surface area contributed by atoms with Gasteiger partial charge in [0.25, 0.3) is 0 Å². The molecule has 0 bridgehead atoms. The lowest BCUT2D eigenvalue weighted by molar-refractivity contribution is 0.381. The summed E-state index contributed by atoms with van der Waals surface area (Å²) in [6.07, 6.45) is 2.74. The van der Waals surface area contributed by atoms with Crippen molar-refractivity contribution in [2.24, 2.45) is 5.92 Å². The van der Waals surface area contributed by atoms with Gasteiger partial charge in [0.1, 0.15) is 0 Å². The lowest BCUT2D eigenvalue weighted by Gasteiger charge is -2.21. The second-order valence-corrected chi connectivity index (χ2v) is 3.31. The van der Waals surface area contributed by atoms with Crippen LogP contribution in [-0.4, -0.2) is 19.6 Å². The van der Waals surface area contributed by atoms with Gasteiger partial charge in [-0.15, -0.1) is 0 Å². The Kier molecular flexibility index (Phi) is 3.85. The Morgan fingerprint density at radius 2 is 2.56 bits per heavy atom. The molecule has 1 atom stereocenters. The first-order valence-electron chi connectivity index (χ1n) is 3.47. The van der Waals surface area contributed by atoms with Crippen LogP contribution in [0.3, 0.4) is 0 Å². The number of piperidine rings is 1. The van der Waals surface area contributed by atoms with Crippen molar-refractivity contribution in [3.8, 4) is 0 Å². The highest BCUT2D eigenvalue weighted by Gasteiger charge is 2.10. The molecular formula is C6H13IN2. The molecule has 0 aromatic heterocycles. The molecule has 1 heterocycles. The molecule has 0 radical (unpaired) electrons. The fourth-order valence-electron chi connectivity index (χ4n) is 1.21. The third-order valence-corrected chi connectivity index (χ3v) is 2.21. The van der Waals surface area contributed by atoms with Crippen LogP contribution in [-0.2, 0) is 0 Å². The minimum atomic E-state index is 0.871. The molecule has 0 spiro atoms. The lowest BCUT2D eigenvalue weighted by atomic mass is 10.0. The Bertz CT molecular complexity index is 68.7. The second kappa shape index (κ2) is 4.46. The number of hydrogen-bond donors (Lipinski definition) is 2. The van der Waals surface area contributed by atoms with Crippen LogP contribution >= 0.6 is 22.9 Å². The number of hydrogen-bond acceptors (Lipinski definition) is 2. The molecule has 1 aliphatic heterocycles.